The standard InChI is InChI=1S/C18H37N/c1-14(2)11-16(5)12-17-7-9-18(10-8-17)19(6)13-15(3)4/h14-18H,7-13H2,1-6H3/t16-,17?,18?/m1/s1. The molecule has 1 atom stereocenters. The molecule has 0 unspecified atom stereocenters. The zero-order valence-corrected chi connectivity index (χ0v) is 14.3. The molecule has 0 bridgehead atoms. The Labute approximate surface area is 122 Å². The van der Waals surface area contributed by atoms with Crippen LogP contribution in [0.2, 0.25) is 0 Å². The van der Waals surface area contributed by atoms with Gasteiger partial charge in [-0.1, -0.05) is 34.6 Å². The molecule has 1 fully saturated rings. The molecule has 19 heavy (non-hydrogen) atoms. The maximum Gasteiger partial charge on any atom is 0.00925 e. The number of nitrogens with zero attached hydrogens (tertiary/aromatic N) is 1. The van der Waals surface area contributed by atoms with E-state index in [2.05, 4.69) is 46.6 Å². The molecule has 1 rings (SSSR count). The summed E-state index contributed by atoms with van der Waals surface area (Å²) in [6.07, 6.45) is 8.68. The van der Waals surface area contributed by atoms with Crippen LogP contribution in [0.4, 0.5) is 0 Å². The average molecular weight is 268 g/mol. The van der Waals surface area contributed by atoms with Gasteiger partial charge in [-0.25, -0.2) is 0 Å². The lowest BCUT2D eigenvalue weighted by molar-refractivity contribution is 0.141. The van der Waals surface area contributed by atoms with Gasteiger partial charge in [0.15, 0.2) is 0 Å². The highest BCUT2D eigenvalue weighted by Crippen LogP contribution is 2.33. The summed E-state index contributed by atoms with van der Waals surface area (Å²) >= 11 is 0. The minimum atomic E-state index is 0.800. The summed E-state index contributed by atoms with van der Waals surface area (Å²) in [5.41, 5.74) is 0. The second-order valence-corrected chi connectivity index (χ2v) is 7.98. The van der Waals surface area contributed by atoms with Gasteiger partial charge in [-0.3, -0.25) is 0 Å². The Bertz CT molecular complexity index is 226. The molecule has 0 aliphatic heterocycles. The molecule has 0 spiro atoms. The third-order valence-electron chi connectivity index (χ3n) is 4.70. The number of hydrogen-bond acceptors (Lipinski definition) is 1. The minimum Gasteiger partial charge on any atom is -0.303 e. The average Bonchev–Trinajstić information content (AvgIpc) is 2.27. The molecule has 1 saturated carbocycles. The van der Waals surface area contributed by atoms with Crippen molar-refractivity contribution in [1.29, 1.82) is 0 Å². The molecular weight excluding hydrogens is 230 g/mol. The van der Waals surface area contributed by atoms with E-state index in [9.17, 15) is 0 Å². The molecule has 0 saturated heterocycles. The predicted octanol–water partition coefficient (Wildman–Crippen LogP) is 5.21. The van der Waals surface area contributed by atoms with Gasteiger partial charge in [-0.15, -0.1) is 0 Å². The van der Waals surface area contributed by atoms with Crippen molar-refractivity contribution in [1.82, 2.24) is 4.90 Å². The Morgan fingerprint density at radius 3 is 1.95 bits per heavy atom. The lowest BCUT2D eigenvalue weighted by atomic mass is 9.79. The quantitative estimate of drug-likeness (QED) is 0.612. The molecule has 0 aromatic heterocycles. The topological polar surface area (TPSA) is 3.24 Å². The Kier molecular flexibility index (Phi) is 7.42. The van der Waals surface area contributed by atoms with Crippen molar-refractivity contribution in [3.63, 3.8) is 0 Å². The van der Waals surface area contributed by atoms with E-state index in [4.69, 9.17) is 0 Å². The molecular formula is C18H37N. The SMILES string of the molecule is CC(C)C[C@@H](C)CC1CCC(N(C)CC(C)C)CC1. The Hall–Kier alpha value is -0.0400. The van der Waals surface area contributed by atoms with Crippen molar-refractivity contribution in [3.05, 3.63) is 0 Å². The number of rotatable bonds is 7. The van der Waals surface area contributed by atoms with Crippen LogP contribution < -0.4 is 0 Å². The van der Waals surface area contributed by atoms with E-state index in [-0.39, 0.29) is 0 Å². The van der Waals surface area contributed by atoms with E-state index >= 15 is 0 Å². The Morgan fingerprint density at radius 2 is 1.47 bits per heavy atom. The zero-order chi connectivity index (χ0) is 14.4. The van der Waals surface area contributed by atoms with E-state index in [0.29, 0.717) is 0 Å². The lowest BCUT2D eigenvalue weighted by Gasteiger charge is -2.36. The van der Waals surface area contributed by atoms with Crippen molar-refractivity contribution in [3.8, 4) is 0 Å². The molecule has 1 heteroatoms. The summed E-state index contributed by atoms with van der Waals surface area (Å²) in [7, 11) is 2.33. The first kappa shape index (κ1) is 17.0. The van der Waals surface area contributed by atoms with Crippen LogP contribution in [0.25, 0.3) is 0 Å². The normalized spacial score (nSPS) is 26.4. The van der Waals surface area contributed by atoms with Gasteiger partial charge in [0.2, 0.25) is 0 Å². The molecule has 114 valence electrons. The van der Waals surface area contributed by atoms with E-state index in [0.717, 1.165) is 29.7 Å². The first-order valence-corrected chi connectivity index (χ1v) is 8.58. The summed E-state index contributed by atoms with van der Waals surface area (Å²) in [6, 6.07) is 0.860. The third kappa shape index (κ3) is 6.79. The van der Waals surface area contributed by atoms with Crippen LogP contribution >= 0.6 is 0 Å². The third-order valence-corrected chi connectivity index (χ3v) is 4.70. The fraction of sp³-hybridized carbons (Fsp3) is 1.00. The maximum atomic E-state index is 2.61. The first-order chi connectivity index (χ1) is 8.88. The van der Waals surface area contributed by atoms with Crippen LogP contribution in [0.5, 0.6) is 0 Å². The highest BCUT2D eigenvalue weighted by atomic mass is 15.1. The second-order valence-electron chi connectivity index (χ2n) is 7.98. The summed E-state index contributed by atoms with van der Waals surface area (Å²) in [4.78, 5) is 2.61. The van der Waals surface area contributed by atoms with Gasteiger partial charge in [0.1, 0.15) is 0 Å². The van der Waals surface area contributed by atoms with Gasteiger partial charge in [0, 0.05) is 12.6 Å². The van der Waals surface area contributed by atoms with Crippen molar-refractivity contribution in [2.24, 2.45) is 23.7 Å². The smallest absolute Gasteiger partial charge is 0.00925 e. The highest BCUT2D eigenvalue weighted by molar-refractivity contribution is 4.79. The molecule has 0 aromatic carbocycles. The fourth-order valence-corrected chi connectivity index (χ4v) is 4.02. The molecule has 1 aliphatic carbocycles. The van der Waals surface area contributed by atoms with Crippen LogP contribution in [-0.2, 0) is 0 Å². The first-order valence-electron chi connectivity index (χ1n) is 8.58. The van der Waals surface area contributed by atoms with Crippen molar-refractivity contribution >= 4 is 0 Å². The van der Waals surface area contributed by atoms with Crippen molar-refractivity contribution < 1.29 is 0 Å². The number of hydrogen-bond donors (Lipinski definition) is 0. The van der Waals surface area contributed by atoms with Crippen molar-refractivity contribution in [2.75, 3.05) is 13.6 Å². The predicted molar refractivity (Wildman–Crippen MR) is 86.5 cm³/mol. The summed E-state index contributed by atoms with van der Waals surface area (Å²) in [5, 5.41) is 0. The van der Waals surface area contributed by atoms with Crippen LogP contribution in [0.3, 0.4) is 0 Å². The lowest BCUT2D eigenvalue weighted by Crippen LogP contribution is -2.37. The van der Waals surface area contributed by atoms with E-state index < -0.39 is 0 Å². The molecule has 0 aromatic rings. The van der Waals surface area contributed by atoms with Crippen LogP contribution in [-0.4, -0.2) is 24.5 Å². The van der Waals surface area contributed by atoms with Gasteiger partial charge < -0.3 is 4.90 Å². The largest absolute Gasteiger partial charge is 0.303 e. The maximum absolute atomic E-state index is 2.61. The Morgan fingerprint density at radius 1 is 0.895 bits per heavy atom. The van der Waals surface area contributed by atoms with E-state index in [1.165, 1.54) is 45.1 Å². The molecule has 0 amide bonds. The molecule has 0 radical (unpaired) electrons. The monoisotopic (exact) mass is 267 g/mol. The zero-order valence-electron chi connectivity index (χ0n) is 14.3. The minimum absolute atomic E-state index is 0.800. The second kappa shape index (κ2) is 8.29. The fourth-order valence-electron chi connectivity index (χ4n) is 4.02. The molecule has 0 heterocycles. The van der Waals surface area contributed by atoms with Gasteiger partial charge in [-0.05, 0) is 69.2 Å². The molecule has 0 N–H and O–H groups in total. The van der Waals surface area contributed by atoms with Gasteiger partial charge in [0.25, 0.3) is 0 Å². The summed E-state index contributed by atoms with van der Waals surface area (Å²) in [6.45, 7) is 13.1. The van der Waals surface area contributed by atoms with Crippen LogP contribution in [0, 0.1) is 23.7 Å². The van der Waals surface area contributed by atoms with Crippen LogP contribution in [0.1, 0.15) is 73.1 Å². The highest BCUT2D eigenvalue weighted by Gasteiger charge is 2.25. The Balaban J connectivity index is 2.25. The summed E-state index contributed by atoms with van der Waals surface area (Å²) in [5.74, 6) is 3.60. The van der Waals surface area contributed by atoms with Gasteiger partial charge >= 0.3 is 0 Å². The molecule has 1 aliphatic rings. The summed E-state index contributed by atoms with van der Waals surface area (Å²) < 4.78 is 0. The van der Waals surface area contributed by atoms with Crippen LogP contribution in [0.15, 0.2) is 0 Å². The van der Waals surface area contributed by atoms with Crippen molar-refractivity contribution in [2.45, 2.75) is 79.2 Å². The van der Waals surface area contributed by atoms with Gasteiger partial charge in [-0.2, -0.15) is 0 Å². The van der Waals surface area contributed by atoms with Gasteiger partial charge in [0.05, 0.1) is 0 Å². The van der Waals surface area contributed by atoms with E-state index in [1.54, 1.807) is 0 Å². The van der Waals surface area contributed by atoms with E-state index in [1.807, 2.05) is 0 Å². The molecule has 1 nitrogen and oxygen atoms in total.